The molecular weight excluding hydrogens is 334 g/mol. The number of likely N-dealkylation sites (tertiary alicyclic amines) is 1. The second-order valence-corrected chi connectivity index (χ2v) is 6.21. The van der Waals surface area contributed by atoms with Gasteiger partial charge in [-0.25, -0.2) is 4.98 Å². The number of carbonyl (C=O) groups excluding carboxylic acids is 3. The molecule has 8 nitrogen and oxygen atoms in total. The summed E-state index contributed by atoms with van der Waals surface area (Å²) in [4.78, 5) is 46.3. The first-order chi connectivity index (χ1) is 12.5. The number of carbonyl (C=O) groups is 3. The summed E-state index contributed by atoms with van der Waals surface area (Å²) in [5.41, 5.74) is 1.11. The Labute approximate surface area is 151 Å². The monoisotopic (exact) mass is 355 g/mol. The molecule has 2 N–H and O–H groups in total. The van der Waals surface area contributed by atoms with Crippen molar-refractivity contribution in [3.63, 3.8) is 0 Å². The van der Waals surface area contributed by atoms with Crippen LogP contribution in [0.4, 0.5) is 5.69 Å². The second-order valence-electron chi connectivity index (χ2n) is 6.21. The van der Waals surface area contributed by atoms with Crippen molar-refractivity contribution in [3.05, 3.63) is 48.5 Å². The smallest absolute Gasteiger partial charge is 0.271 e. The van der Waals surface area contributed by atoms with Crippen molar-refractivity contribution in [1.82, 2.24) is 20.2 Å². The molecule has 1 aromatic heterocycles. The molecule has 0 radical (unpaired) electrons. The Kier molecular flexibility index (Phi) is 5.31. The summed E-state index contributed by atoms with van der Waals surface area (Å²) in [5, 5.41) is 2.91. The van der Waals surface area contributed by atoms with Crippen molar-refractivity contribution >= 4 is 23.4 Å². The van der Waals surface area contributed by atoms with Crippen LogP contribution in [0.25, 0.3) is 0 Å². The molecule has 0 spiro atoms. The zero-order valence-electron chi connectivity index (χ0n) is 14.5. The predicted molar refractivity (Wildman–Crippen MR) is 95.5 cm³/mol. The van der Waals surface area contributed by atoms with Gasteiger partial charge in [0.15, 0.2) is 0 Å². The van der Waals surface area contributed by atoms with Gasteiger partial charge in [0.1, 0.15) is 12.2 Å². The summed E-state index contributed by atoms with van der Waals surface area (Å²) >= 11 is 0. The Balaban J connectivity index is 1.55. The Bertz CT molecular complexity index is 775. The molecule has 1 aromatic carbocycles. The van der Waals surface area contributed by atoms with E-state index in [9.17, 15) is 14.4 Å². The summed E-state index contributed by atoms with van der Waals surface area (Å²) in [6.07, 6.45) is 3.62. The van der Waals surface area contributed by atoms with Crippen molar-refractivity contribution in [2.45, 2.75) is 19.4 Å². The minimum absolute atomic E-state index is 0.0512. The largest absolute Gasteiger partial charge is 0.350 e. The minimum atomic E-state index is -0.245. The standard InChI is InChI=1S/C18H21N5O3/c1-13(24)23(15-5-3-2-4-6-15)11-17(25)21-14-7-8-22(10-14)18(26)16-9-19-12-20-16/h2-6,9,12,14H,7-8,10-11H2,1H3,(H,19,20)(H,21,25)/t14-/m1/s1. The highest BCUT2D eigenvalue weighted by Crippen LogP contribution is 2.15. The summed E-state index contributed by atoms with van der Waals surface area (Å²) in [6, 6.07) is 8.94. The average molecular weight is 355 g/mol. The Hall–Kier alpha value is -3.16. The highest BCUT2D eigenvalue weighted by Gasteiger charge is 2.29. The van der Waals surface area contributed by atoms with Crippen LogP contribution in [0.15, 0.2) is 42.9 Å². The molecule has 1 aliphatic heterocycles. The van der Waals surface area contributed by atoms with Gasteiger partial charge in [-0.05, 0) is 18.6 Å². The fourth-order valence-electron chi connectivity index (χ4n) is 3.02. The topological polar surface area (TPSA) is 98.4 Å². The molecule has 0 saturated carbocycles. The van der Waals surface area contributed by atoms with Crippen LogP contribution in [-0.4, -0.2) is 58.3 Å². The van der Waals surface area contributed by atoms with E-state index in [1.54, 1.807) is 17.0 Å². The van der Waals surface area contributed by atoms with Crippen LogP contribution in [0, 0.1) is 0 Å². The Morgan fingerprint density at radius 2 is 2.08 bits per heavy atom. The number of imidazole rings is 1. The second kappa shape index (κ2) is 7.81. The number of aromatic nitrogens is 2. The van der Waals surface area contributed by atoms with Gasteiger partial charge in [-0.1, -0.05) is 18.2 Å². The Morgan fingerprint density at radius 1 is 1.31 bits per heavy atom. The van der Waals surface area contributed by atoms with Crippen molar-refractivity contribution in [2.24, 2.45) is 0 Å². The van der Waals surface area contributed by atoms with Gasteiger partial charge in [-0.3, -0.25) is 14.4 Å². The fourth-order valence-corrected chi connectivity index (χ4v) is 3.02. The average Bonchev–Trinajstić information content (AvgIpc) is 3.31. The van der Waals surface area contributed by atoms with Crippen molar-refractivity contribution in [1.29, 1.82) is 0 Å². The molecule has 1 atom stereocenters. The Morgan fingerprint density at radius 3 is 2.73 bits per heavy atom. The molecule has 0 aliphatic carbocycles. The van der Waals surface area contributed by atoms with E-state index in [1.807, 2.05) is 18.2 Å². The summed E-state index contributed by atoms with van der Waals surface area (Å²) in [6.45, 7) is 2.39. The van der Waals surface area contributed by atoms with Crippen LogP contribution in [0.2, 0.25) is 0 Å². The number of nitrogens with one attached hydrogen (secondary N) is 2. The van der Waals surface area contributed by atoms with Gasteiger partial charge >= 0.3 is 0 Å². The number of rotatable bonds is 5. The van der Waals surface area contributed by atoms with Gasteiger partial charge in [0.2, 0.25) is 11.8 Å². The summed E-state index contributed by atoms with van der Waals surface area (Å²) < 4.78 is 0. The first-order valence-corrected chi connectivity index (χ1v) is 8.45. The van der Waals surface area contributed by atoms with Gasteiger partial charge in [0.05, 0.1) is 12.5 Å². The molecule has 1 aliphatic rings. The molecule has 136 valence electrons. The molecule has 3 amide bonds. The molecule has 8 heteroatoms. The lowest BCUT2D eigenvalue weighted by Crippen LogP contribution is -2.45. The lowest BCUT2D eigenvalue weighted by atomic mass is 10.2. The van der Waals surface area contributed by atoms with E-state index >= 15 is 0 Å². The van der Waals surface area contributed by atoms with Crippen LogP contribution in [0.3, 0.4) is 0 Å². The number of para-hydroxylation sites is 1. The lowest BCUT2D eigenvalue weighted by molar-refractivity contribution is -0.123. The van der Waals surface area contributed by atoms with E-state index < -0.39 is 0 Å². The number of nitrogens with zero attached hydrogens (tertiary/aromatic N) is 3. The van der Waals surface area contributed by atoms with E-state index in [0.29, 0.717) is 30.9 Å². The van der Waals surface area contributed by atoms with Crippen molar-refractivity contribution in [3.8, 4) is 0 Å². The maximum Gasteiger partial charge on any atom is 0.271 e. The normalized spacial score (nSPS) is 16.3. The number of aromatic amines is 1. The van der Waals surface area contributed by atoms with E-state index in [4.69, 9.17) is 0 Å². The molecule has 0 unspecified atom stereocenters. The first-order valence-electron chi connectivity index (χ1n) is 8.45. The van der Waals surface area contributed by atoms with Gasteiger partial charge in [0.25, 0.3) is 5.91 Å². The quantitative estimate of drug-likeness (QED) is 0.828. The third-order valence-corrected chi connectivity index (χ3v) is 4.32. The first kappa shape index (κ1) is 17.7. The van der Waals surface area contributed by atoms with Crippen molar-refractivity contribution in [2.75, 3.05) is 24.5 Å². The van der Waals surface area contributed by atoms with Crippen LogP contribution in [0.5, 0.6) is 0 Å². The van der Waals surface area contributed by atoms with Gasteiger partial charge in [-0.2, -0.15) is 0 Å². The summed E-state index contributed by atoms with van der Waals surface area (Å²) in [7, 11) is 0. The maximum atomic E-state index is 12.4. The van der Waals surface area contributed by atoms with Gasteiger partial charge in [-0.15, -0.1) is 0 Å². The van der Waals surface area contributed by atoms with Crippen LogP contribution < -0.4 is 10.2 Å². The number of benzene rings is 1. The number of H-pyrrole nitrogens is 1. The third-order valence-electron chi connectivity index (χ3n) is 4.32. The van der Waals surface area contributed by atoms with E-state index in [2.05, 4.69) is 15.3 Å². The zero-order valence-corrected chi connectivity index (χ0v) is 14.5. The molecular formula is C18H21N5O3. The molecule has 2 heterocycles. The van der Waals surface area contributed by atoms with Crippen LogP contribution in [0.1, 0.15) is 23.8 Å². The molecule has 2 aromatic rings. The van der Waals surface area contributed by atoms with E-state index in [-0.39, 0.29) is 30.3 Å². The fraction of sp³-hybridized carbons (Fsp3) is 0.333. The van der Waals surface area contributed by atoms with Gasteiger partial charge < -0.3 is 20.1 Å². The number of hydrogen-bond donors (Lipinski definition) is 2. The highest BCUT2D eigenvalue weighted by atomic mass is 16.2. The molecule has 3 rings (SSSR count). The predicted octanol–water partition coefficient (Wildman–Crippen LogP) is 0.794. The number of hydrogen-bond acceptors (Lipinski definition) is 4. The molecule has 1 saturated heterocycles. The minimum Gasteiger partial charge on any atom is -0.350 e. The van der Waals surface area contributed by atoms with Gasteiger partial charge in [0, 0.05) is 31.7 Å². The van der Waals surface area contributed by atoms with E-state index in [0.717, 1.165) is 0 Å². The maximum absolute atomic E-state index is 12.4. The molecule has 0 bridgehead atoms. The molecule has 26 heavy (non-hydrogen) atoms. The number of amides is 3. The van der Waals surface area contributed by atoms with Crippen LogP contribution >= 0.6 is 0 Å². The van der Waals surface area contributed by atoms with E-state index in [1.165, 1.54) is 24.3 Å². The SMILES string of the molecule is CC(=O)N(CC(=O)N[C@@H]1CCN(C(=O)c2cnc[nH]2)C1)c1ccccc1. The molecule has 1 fully saturated rings. The number of anilines is 1. The lowest BCUT2D eigenvalue weighted by Gasteiger charge is -2.22. The third kappa shape index (κ3) is 4.08. The summed E-state index contributed by atoms with van der Waals surface area (Å²) in [5.74, 6) is -0.576. The van der Waals surface area contributed by atoms with Crippen molar-refractivity contribution < 1.29 is 14.4 Å². The highest BCUT2D eigenvalue weighted by molar-refractivity contribution is 5.97. The van der Waals surface area contributed by atoms with Crippen LogP contribution in [-0.2, 0) is 9.59 Å². The zero-order chi connectivity index (χ0) is 18.5.